The van der Waals surface area contributed by atoms with E-state index in [-0.39, 0.29) is 23.3 Å². The van der Waals surface area contributed by atoms with Crippen molar-refractivity contribution in [3.8, 4) is 5.75 Å². The number of hydrogen-bond donors (Lipinski definition) is 1. The number of aryl methyl sites for hydroxylation is 2. The summed E-state index contributed by atoms with van der Waals surface area (Å²) in [6.45, 7) is 17.1. The zero-order valence-corrected chi connectivity index (χ0v) is 18.0. The summed E-state index contributed by atoms with van der Waals surface area (Å²) >= 11 is 0. The Labute approximate surface area is 164 Å². The van der Waals surface area contributed by atoms with Gasteiger partial charge in [-0.3, -0.25) is 4.79 Å². The van der Waals surface area contributed by atoms with E-state index in [0.29, 0.717) is 0 Å². The first-order valence-electron chi connectivity index (χ1n) is 9.52. The normalized spacial score (nSPS) is 12.0. The number of amides is 1. The molecule has 2 aromatic carbocycles. The van der Waals surface area contributed by atoms with Gasteiger partial charge in [-0.2, -0.15) is 0 Å². The highest BCUT2D eigenvalue weighted by Crippen LogP contribution is 2.35. The number of nitrogens with one attached hydrogen (secondary N) is 1. The van der Waals surface area contributed by atoms with Crippen molar-refractivity contribution in [3.05, 3.63) is 58.7 Å². The molecule has 2 aromatic rings. The Morgan fingerprint density at radius 1 is 0.889 bits per heavy atom. The summed E-state index contributed by atoms with van der Waals surface area (Å²) < 4.78 is 5.91. The molecule has 2 rings (SSSR count). The lowest BCUT2D eigenvalue weighted by atomic mass is 9.80. The van der Waals surface area contributed by atoms with Gasteiger partial charge in [-0.1, -0.05) is 59.7 Å². The molecule has 0 bridgehead atoms. The molecule has 0 spiro atoms. The van der Waals surface area contributed by atoms with Crippen LogP contribution in [0.3, 0.4) is 0 Å². The summed E-state index contributed by atoms with van der Waals surface area (Å²) in [6, 6.07) is 12.3. The lowest BCUT2D eigenvalue weighted by Crippen LogP contribution is -2.22. The molecule has 0 heterocycles. The quantitative estimate of drug-likeness (QED) is 0.729. The molecule has 0 saturated carbocycles. The van der Waals surface area contributed by atoms with Gasteiger partial charge in [0.15, 0.2) is 6.61 Å². The van der Waals surface area contributed by atoms with E-state index < -0.39 is 0 Å². The van der Waals surface area contributed by atoms with Crippen LogP contribution in [0.25, 0.3) is 0 Å². The van der Waals surface area contributed by atoms with Crippen LogP contribution in [0.1, 0.15) is 63.8 Å². The van der Waals surface area contributed by atoms with Gasteiger partial charge < -0.3 is 10.1 Å². The number of benzene rings is 2. The van der Waals surface area contributed by atoms with Crippen LogP contribution >= 0.6 is 0 Å². The second kappa shape index (κ2) is 7.75. The molecular weight excluding hydrogens is 334 g/mol. The Hall–Kier alpha value is -2.29. The topological polar surface area (TPSA) is 38.3 Å². The minimum Gasteiger partial charge on any atom is -0.483 e. The van der Waals surface area contributed by atoms with Crippen LogP contribution < -0.4 is 10.1 Å². The van der Waals surface area contributed by atoms with E-state index in [0.717, 1.165) is 28.1 Å². The maximum atomic E-state index is 12.4. The Morgan fingerprint density at radius 3 is 2.00 bits per heavy atom. The van der Waals surface area contributed by atoms with Crippen LogP contribution in [-0.2, 0) is 15.6 Å². The second-order valence-corrected chi connectivity index (χ2v) is 9.42. The predicted octanol–water partition coefficient (Wildman–Crippen LogP) is 5.92. The van der Waals surface area contributed by atoms with Crippen LogP contribution in [-0.4, -0.2) is 12.5 Å². The van der Waals surface area contributed by atoms with E-state index in [4.69, 9.17) is 4.74 Å². The maximum Gasteiger partial charge on any atom is 0.262 e. The molecule has 27 heavy (non-hydrogen) atoms. The summed E-state index contributed by atoms with van der Waals surface area (Å²) in [5, 5.41) is 2.92. The lowest BCUT2D eigenvalue weighted by molar-refractivity contribution is -0.118. The molecular formula is C24H33NO2. The summed E-state index contributed by atoms with van der Waals surface area (Å²) in [7, 11) is 0. The Kier molecular flexibility index (Phi) is 6.04. The van der Waals surface area contributed by atoms with E-state index in [2.05, 4.69) is 65.1 Å². The van der Waals surface area contributed by atoms with E-state index in [9.17, 15) is 4.79 Å². The first-order chi connectivity index (χ1) is 12.4. The number of hydrogen-bond acceptors (Lipinski definition) is 2. The van der Waals surface area contributed by atoms with Gasteiger partial charge >= 0.3 is 0 Å². The highest BCUT2D eigenvalue weighted by molar-refractivity contribution is 5.92. The van der Waals surface area contributed by atoms with Gasteiger partial charge in [0.1, 0.15) is 5.75 Å². The number of carbonyl (C=O) groups is 1. The fourth-order valence-corrected chi connectivity index (χ4v) is 3.10. The Morgan fingerprint density at radius 2 is 1.48 bits per heavy atom. The molecule has 0 atom stereocenters. The zero-order valence-electron chi connectivity index (χ0n) is 18.0. The van der Waals surface area contributed by atoms with E-state index in [1.165, 1.54) is 5.56 Å². The van der Waals surface area contributed by atoms with E-state index >= 15 is 0 Å². The van der Waals surface area contributed by atoms with Crippen molar-refractivity contribution in [2.45, 2.75) is 66.2 Å². The van der Waals surface area contributed by atoms with Gasteiger partial charge in [0.2, 0.25) is 0 Å². The Bertz CT molecular complexity index is 803. The smallest absolute Gasteiger partial charge is 0.262 e. The van der Waals surface area contributed by atoms with Crippen LogP contribution in [0.15, 0.2) is 36.4 Å². The van der Waals surface area contributed by atoms with E-state index in [1.54, 1.807) is 0 Å². The lowest BCUT2D eigenvalue weighted by Gasteiger charge is -2.27. The molecule has 3 nitrogen and oxygen atoms in total. The summed E-state index contributed by atoms with van der Waals surface area (Å²) in [5.41, 5.74) is 5.44. The molecule has 3 heteroatoms. The zero-order chi connectivity index (χ0) is 20.4. The molecule has 1 amide bonds. The van der Waals surface area contributed by atoms with Gasteiger partial charge in [-0.05, 0) is 65.1 Å². The van der Waals surface area contributed by atoms with Crippen molar-refractivity contribution in [3.63, 3.8) is 0 Å². The molecule has 0 aliphatic carbocycles. The molecule has 0 aliphatic rings. The minimum absolute atomic E-state index is 0.00899. The third-order valence-corrected chi connectivity index (χ3v) is 4.52. The second-order valence-electron chi connectivity index (χ2n) is 9.42. The first-order valence-corrected chi connectivity index (χ1v) is 9.52. The molecule has 0 aliphatic heterocycles. The summed E-state index contributed by atoms with van der Waals surface area (Å²) in [5.74, 6) is 0.617. The fourth-order valence-electron chi connectivity index (χ4n) is 3.10. The monoisotopic (exact) mass is 367 g/mol. The fraction of sp³-hybridized carbons (Fsp3) is 0.458. The van der Waals surface area contributed by atoms with Gasteiger partial charge in [-0.15, -0.1) is 0 Å². The van der Waals surface area contributed by atoms with Gasteiger partial charge in [0.25, 0.3) is 5.91 Å². The van der Waals surface area contributed by atoms with Gasteiger partial charge in [0, 0.05) is 5.69 Å². The number of rotatable bonds is 4. The summed E-state index contributed by atoms with van der Waals surface area (Å²) in [4.78, 5) is 12.4. The van der Waals surface area contributed by atoms with E-state index in [1.807, 2.05) is 32.0 Å². The highest BCUT2D eigenvalue weighted by Gasteiger charge is 2.23. The van der Waals surface area contributed by atoms with Crippen molar-refractivity contribution < 1.29 is 9.53 Å². The molecule has 0 aromatic heterocycles. The van der Waals surface area contributed by atoms with Crippen molar-refractivity contribution in [1.29, 1.82) is 0 Å². The maximum absolute atomic E-state index is 12.4. The van der Waals surface area contributed by atoms with Crippen LogP contribution in [0.2, 0.25) is 0 Å². The third-order valence-electron chi connectivity index (χ3n) is 4.52. The van der Waals surface area contributed by atoms with Gasteiger partial charge in [0.05, 0.1) is 0 Å². The summed E-state index contributed by atoms with van der Waals surface area (Å²) in [6.07, 6.45) is 0. The van der Waals surface area contributed by atoms with Crippen LogP contribution in [0.5, 0.6) is 5.75 Å². The van der Waals surface area contributed by atoms with Crippen molar-refractivity contribution >= 4 is 11.6 Å². The molecule has 0 unspecified atom stereocenters. The van der Waals surface area contributed by atoms with Crippen LogP contribution in [0, 0.1) is 13.8 Å². The standard InChI is InChI=1S/C24H33NO2/c1-16-11-17(2)13-19(12-16)25-22(26)15-27-21-10-9-18(23(3,4)5)14-20(21)24(6,7)8/h9-14H,15H2,1-8H3,(H,25,26). The first kappa shape index (κ1) is 21.0. The number of ether oxygens (including phenoxy) is 1. The molecule has 146 valence electrons. The molecule has 0 saturated heterocycles. The number of anilines is 1. The Balaban J connectivity index is 2.15. The largest absolute Gasteiger partial charge is 0.483 e. The SMILES string of the molecule is Cc1cc(C)cc(NC(=O)COc2ccc(C(C)(C)C)cc2C(C)(C)C)c1. The van der Waals surface area contributed by atoms with Crippen molar-refractivity contribution in [2.24, 2.45) is 0 Å². The third kappa shape index (κ3) is 5.85. The van der Waals surface area contributed by atoms with Crippen LogP contribution in [0.4, 0.5) is 5.69 Å². The molecule has 1 N–H and O–H groups in total. The predicted molar refractivity (Wildman–Crippen MR) is 114 cm³/mol. The average molecular weight is 368 g/mol. The van der Waals surface area contributed by atoms with Crippen molar-refractivity contribution in [2.75, 3.05) is 11.9 Å². The minimum atomic E-state index is -0.153. The number of carbonyl (C=O) groups excluding carboxylic acids is 1. The van der Waals surface area contributed by atoms with Gasteiger partial charge in [-0.25, -0.2) is 0 Å². The molecule has 0 radical (unpaired) electrons. The highest BCUT2D eigenvalue weighted by atomic mass is 16.5. The molecule has 0 fully saturated rings. The average Bonchev–Trinajstić information content (AvgIpc) is 2.50. The van der Waals surface area contributed by atoms with Crippen molar-refractivity contribution in [1.82, 2.24) is 0 Å².